The third-order valence-corrected chi connectivity index (χ3v) is 1.35. The largest absolute Gasteiger partial charge is 0.303 e. The predicted molar refractivity (Wildman–Crippen MR) is 23.3 cm³/mol. The quantitative estimate of drug-likeness (QED) is 0.430. The molecule has 6 heavy (non-hydrogen) atoms. The van der Waals surface area contributed by atoms with Crippen molar-refractivity contribution < 1.29 is 4.79 Å². The summed E-state index contributed by atoms with van der Waals surface area (Å²) in [5.74, 6) is 1.12. The molecular formula is C5H8O. The summed E-state index contributed by atoms with van der Waals surface area (Å²) < 4.78 is 0. The van der Waals surface area contributed by atoms with E-state index in [2.05, 4.69) is 6.92 Å². The Hall–Kier alpha value is -0.330. The lowest BCUT2D eigenvalue weighted by atomic mass is 10.4. The molecule has 1 rings (SSSR count). The summed E-state index contributed by atoms with van der Waals surface area (Å²) in [6, 6.07) is 0. The summed E-state index contributed by atoms with van der Waals surface area (Å²) >= 11 is 0. The molecule has 0 aromatic heterocycles. The SMILES string of the molecule is C[C@@H]1C[C@@H]1C=O. The molecule has 1 heteroatoms. The third kappa shape index (κ3) is 0.445. The Balaban J connectivity index is 2.25. The van der Waals surface area contributed by atoms with E-state index in [9.17, 15) is 4.79 Å². The second-order valence-corrected chi connectivity index (χ2v) is 2.01. The zero-order valence-electron chi connectivity index (χ0n) is 3.85. The fourth-order valence-electron chi connectivity index (χ4n) is 0.540. The van der Waals surface area contributed by atoms with Crippen molar-refractivity contribution in [3.05, 3.63) is 0 Å². The van der Waals surface area contributed by atoms with Crippen LogP contribution in [0.4, 0.5) is 0 Å². The molecule has 0 saturated heterocycles. The summed E-state index contributed by atoms with van der Waals surface area (Å²) in [5, 5.41) is 0. The summed E-state index contributed by atoms with van der Waals surface area (Å²) in [6.07, 6.45) is 2.17. The molecule has 0 amide bonds. The third-order valence-electron chi connectivity index (χ3n) is 1.35. The fourth-order valence-corrected chi connectivity index (χ4v) is 0.540. The first-order chi connectivity index (χ1) is 2.84. The van der Waals surface area contributed by atoms with Crippen LogP contribution in [0.15, 0.2) is 0 Å². The van der Waals surface area contributed by atoms with E-state index in [-0.39, 0.29) is 0 Å². The van der Waals surface area contributed by atoms with E-state index in [0.29, 0.717) is 11.8 Å². The lowest BCUT2D eigenvalue weighted by Gasteiger charge is -1.67. The van der Waals surface area contributed by atoms with Crippen LogP contribution in [0.3, 0.4) is 0 Å². The van der Waals surface area contributed by atoms with Gasteiger partial charge in [0.05, 0.1) is 0 Å². The number of hydrogen-bond acceptors (Lipinski definition) is 1. The average Bonchev–Trinajstić information content (AvgIpc) is 2.19. The van der Waals surface area contributed by atoms with Gasteiger partial charge in [-0.1, -0.05) is 6.92 Å². The first-order valence-electron chi connectivity index (χ1n) is 2.30. The summed E-state index contributed by atoms with van der Waals surface area (Å²) in [5.41, 5.74) is 0. The predicted octanol–water partition coefficient (Wildman–Crippen LogP) is 0.841. The van der Waals surface area contributed by atoms with Crippen LogP contribution in [0.25, 0.3) is 0 Å². The number of rotatable bonds is 1. The van der Waals surface area contributed by atoms with Gasteiger partial charge in [-0.2, -0.15) is 0 Å². The van der Waals surface area contributed by atoms with Crippen LogP contribution in [-0.2, 0) is 4.79 Å². The van der Waals surface area contributed by atoms with E-state index in [0.717, 1.165) is 12.7 Å². The minimum Gasteiger partial charge on any atom is -0.303 e. The van der Waals surface area contributed by atoms with Crippen molar-refractivity contribution in [2.24, 2.45) is 11.8 Å². The Bertz CT molecular complexity index is 68.3. The van der Waals surface area contributed by atoms with Crippen LogP contribution in [0.1, 0.15) is 13.3 Å². The van der Waals surface area contributed by atoms with Crippen molar-refractivity contribution >= 4 is 6.29 Å². The van der Waals surface area contributed by atoms with Gasteiger partial charge in [-0.3, -0.25) is 0 Å². The van der Waals surface area contributed by atoms with Crippen LogP contribution in [0.5, 0.6) is 0 Å². The first kappa shape index (κ1) is 3.85. The molecular weight excluding hydrogens is 76.1 g/mol. The number of aldehydes is 1. The highest BCUT2D eigenvalue weighted by molar-refractivity contribution is 5.57. The highest BCUT2D eigenvalue weighted by atomic mass is 16.1. The fraction of sp³-hybridized carbons (Fsp3) is 0.800. The molecule has 0 aromatic carbocycles. The van der Waals surface area contributed by atoms with E-state index in [1.54, 1.807) is 0 Å². The highest BCUT2D eigenvalue weighted by Gasteiger charge is 2.31. The lowest BCUT2D eigenvalue weighted by Crippen LogP contribution is -1.73. The van der Waals surface area contributed by atoms with Gasteiger partial charge in [-0.15, -0.1) is 0 Å². The Labute approximate surface area is 37.4 Å². The van der Waals surface area contributed by atoms with Gasteiger partial charge in [-0.25, -0.2) is 0 Å². The molecule has 0 spiro atoms. The Morgan fingerprint density at radius 1 is 1.83 bits per heavy atom. The zero-order valence-corrected chi connectivity index (χ0v) is 3.85. The maximum absolute atomic E-state index is 9.78. The molecule has 0 N–H and O–H groups in total. The monoisotopic (exact) mass is 84.1 g/mol. The lowest BCUT2D eigenvalue weighted by molar-refractivity contribution is -0.109. The van der Waals surface area contributed by atoms with E-state index >= 15 is 0 Å². The van der Waals surface area contributed by atoms with Crippen LogP contribution >= 0.6 is 0 Å². The highest BCUT2D eigenvalue weighted by Crippen LogP contribution is 2.34. The number of hydrogen-bond donors (Lipinski definition) is 0. The van der Waals surface area contributed by atoms with Gasteiger partial charge in [-0.05, 0) is 12.3 Å². The molecule has 0 bridgehead atoms. The maximum Gasteiger partial charge on any atom is 0.123 e. The van der Waals surface area contributed by atoms with E-state index in [4.69, 9.17) is 0 Å². The van der Waals surface area contributed by atoms with Crippen LogP contribution in [0, 0.1) is 11.8 Å². The molecule has 0 heterocycles. The smallest absolute Gasteiger partial charge is 0.123 e. The summed E-state index contributed by atoms with van der Waals surface area (Å²) in [6.45, 7) is 2.10. The number of carbonyl (C=O) groups excluding carboxylic acids is 1. The molecule has 1 saturated carbocycles. The standard InChI is InChI=1S/C5H8O/c1-4-2-5(4)3-6/h3-5H,2H2,1H3/t4-,5-/m1/s1. The Morgan fingerprint density at radius 2 is 2.33 bits per heavy atom. The van der Waals surface area contributed by atoms with Crippen molar-refractivity contribution in [2.45, 2.75) is 13.3 Å². The van der Waals surface area contributed by atoms with Crippen molar-refractivity contribution in [2.75, 3.05) is 0 Å². The van der Waals surface area contributed by atoms with Gasteiger partial charge < -0.3 is 4.79 Å². The second kappa shape index (κ2) is 1.07. The van der Waals surface area contributed by atoms with E-state index < -0.39 is 0 Å². The Kier molecular flexibility index (Phi) is 0.685. The van der Waals surface area contributed by atoms with Crippen LogP contribution < -0.4 is 0 Å². The summed E-state index contributed by atoms with van der Waals surface area (Å²) in [7, 11) is 0. The van der Waals surface area contributed by atoms with E-state index in [1.165, 1.54) is 0 Å². The molecule has 34 valence electrons. The maximum atomic E-state index is 9.78. The van der Waals surface area contributed by atoms with Crippen molar-refractivity contribution in [3.63, 3.8) is 0 Å². The van der Waals surface area contributed by atoms with Crippen molar-refractivity contribution in [1.82, 2.24) is 0 Å². The molecule has 0 aliphatic heterocycles. The second-order valence-electron chi connectivity index (χ2n) is 2.01. The van der Waals surface area contributed by atoms with Crippen LogP contribution in [0.2, 0.25) is 0 Å². The topological polar surface area (TPSA) is 17.1 Å². The van der Waals surface area contributed by atoms with Gasteiger partial charge in [0.15, 0.2) is 0 Å². The average molecular weight is 84.1 g/mol. The van der Waals surface area contributed by atoms with Crippen molar-refractivity contribution in [3.8, 4) is 0 Å². The zero-order chi connectivity index (χ0) is 4.57. The summed E-state index contributed by atoms with van der Waals surface area (Å²) in [4.78, 5) is 9.78. The molecule has 1 nitrogen and oxygen atoms in total. The minimum atomic E-state index is 0.421. The Morgan fingerprint density at radius 3 is 2.33 bits per heavy atom. The molecule has 0 unspecified atom stereocenters. The first-order valence-corrected chi connectivity index (χ1v) is 2.30. The van der Waals surface area contributed by atoms with Gasteiger partial charge in [0.2, 0.25) is 0 Å². The molecule has 0 aromatic rings. The molecule has 1 fully saturated rings. The van der Waals surface area contributed by atoms with Gasteiger partial charge in [0.25, 0.3) is 0 Å². The van der Waals surface area contributed by atoms with Gasteiger partial charge in [0, 0.05) is 5.92 Å². The van der Waals surface area contributed by atoms with Gasteiger partial charge in [0.1, 0.15) is 6.29 Å². The van der Waals surface area contributed by atoms with Crippen molar-refractivity contribution in [1.29, 1.82) is 0 Å². The molecule has 1 aliphatic carbocycles. The normalized spacial score (nSPS) is 42.2. The van der Waals surface area contributed by atoms with Crippen LogP contribution in [-0.4, -0.2) is 6.29 Å². The van der Waals surface area contributed by atoms with Gasteiger partial charge >= 0.3 is 0 Å². The molecule has 0 radical (unpaired) electrons. The van der Waals surface area contributed by atoms with E-state index in [1.807, 2.05) is 0 Å². The molecule has 1 aliphatic rings. The minimum absolute atomic E-state index is 0.421. The molecule has 2 atom stereocenters. The number of carbonyl (C=O) groups is 1.